The fourth-order valence-corrected chi connectivity index (χ4v) is 3.83. The van der Waals surface area contributed by atoms with Gasteiger partial charge in [0.15, 0.2) is 0 Å². The van der Waals surface area contributed by atoms with Crippen LogP contribution in [0, 0.1) is 0 Å². The number of hydrogen-bond acceptors (Lipinski definition) is 4. The third kappa shape index (κ3) is 6.13. The molecule has 1 amide bonds. The summed E-state index contributed by atoms with van der Waals surface area (Å²) >= 11 is 0. The minimum atomic E-state index is 0.0237. The number of methoxy groups -OCH3 is 1. The molecule has 0 fully saturated rings. The van der Waals surface area contributed by atoms with E-state index in [9.17, 15) is 4.79 Å². The number of aryl methyl sites for hydroxylation is 1. The third-order valence-corrected chi connectivity index (χ3v) is 5.45. The quantitative estimate of drug-likeness (QED) is 0.349. The average Bonchev–Trinajstić information content (AvgIpc) is 3.20. The lowest BCUT2D eigenvalue weighted by Gasteiger charge is -2.11. The number of carbonyl (C=O) groups is 1. The molecule has 6 heteroatoms. The SMILES string of the molecule is COc1cccc(OCCCn2c(CCNC(=O)Cc3ccccc3)nc3ccccc32)c1. The maximum atomic E-state index is 12.3. The van der Waals surface area contributed by atoms with Crippen molar-refractivity contribution in [2.45, 2.75) is 25.8 Å². The fourth-order valence-electron chi connectivity index (χ4n) is 3.83. The van der Waals surface area contributed by atoms with E-state index in [0.29, 0.717) is 26.0 Å². The standard InChI is InChI=1S/C27H29N3O3/c1-32-22-11-7-12-23(20-22)33-18-8-17-30-25-14-6-5-13-24(25)29-26(30)15-16-28-27(31)19-21-9-3-2-4-10-21/h2-7,9-14,20H,8,15-19H2,1H3,(H,28,31). The Morgan fingerprint density at radius 3 is 2.61 bits per heavy atom. The number of imidazole rings is 1. The number of nitrogens with zero attached hydrogens (tertiary/aromatic N) is 2. The second kappa shape index (κ2) is 11.2. The highest BCUT2D eigenvalue weighted by atomic mass is 16.5. The Balaban J connectivity index is 1.33. The molecule has 0 unspecified atom stereocenters. The molecule has 0 bridgehead atoms. The molecule has 0 aliphatic heterocycles. The highest BCUT2D eigenvalue weighted by Crippen LogP contribution is 2.20. The molecule has 0 aliphatic carbocycles. The fraction of sp³-hybridized carbons (Fsp3) is 0.259. The summed E-state index contributed by atoms with van der Waals surface area (Å²) in [6, 6.07) is 25.5. The smallest absolute Gasteiger partial charge is 0.224 e. The second-order valence-electron chi connectivity index (χ2n) is 7.81. The zero-order valence-electron chi connectivity index (χ0n) is 18.9. The van der Waals surface area contributed by atoms with Crippen LogP contribution < -0.4 is 14.8 Å². The van der Waals surface area contributed by atoms with Crippen LogP contribution in [-0.2, 0) is 24.2 Å². The van der Waals surface area contributed by atoms with Crippen LogP contribution in [-0.4, -0.2) is 35.7 Å². The largest absolute Gasteiger partial charge is 0.497 e. The van der Waals surface area contributed by atoms with Gasteiger partial charge in [0.05, 0.1) is 31.2 Å². The number of fused-ring (bicyclic) bond motifs is 1. The molecule has 1 heterocycles. The first-order valence-electron chi connectivity index (χ1n) is 11.2. The summed E-state index contributed by atoms with van der Waals surface area (Å²) < 4.78 is 13.4. The first-order valence-corrected chi connectivity index (χ1v) is 11.2. The average molecular weight is 444 g/mol. The molecular weight excluding hydrogens is 414 g/mol. The van der Waals surface area contributed by atoms with Crippen molar-refractivity contribution in [3.05, 3.63) is 90.3 Å². The van der Waals surface area contributed by atoms with Gasteiger partial charge in [-0.05, 0) is 36.2 Å². The number of para-hydroxylation sites is 2. The van der Waals surface area contributed by atoms with Crippen molar-refractivity contribution in [1.29, 1.82) is 0 Å². The summed E-state index contributed by atoms with van der Waals surface area (Å²) in [7, 11) is 1.65. The van der Waals surface area contributed by atoms with E-state index in [-0.39, 0.29) is 5.91 Å². The van der Waals surface area contributed by atoms with Crippen molar-refractivity contribution in [3.8, 4) is 11.5 Å². The lowest BCUT2D eigenvalue weighted by Crippen LogP contribution is -2.28. The van der Waals surface area contributed by atoms with Crippen LogP contribution in [0.25, 0.3) is 11.0 Å². The van der Waals surface area contributed by atoms with E-state index in [2.05, 4.69) is 16.0 Å². The minimum absolute atomic E-state index is 0.0237. The van der Waals surface area contributed by atoms with Crippen molar-refractivity contribution < 1.29 is 14.3 Å². The lowest BCUT2D eigenvalue weighted by atomic mass is 10.1. The molecule has 0 aliphatic rings. The zero-order chi connectivity index (χ0) is 22.9. The topological polar surface area (TPSA) is 65.4 Å². The van der Waals surface area contributed by atoms with Crippen molar-refractivity contribution in [3.63, 3.8) is 0 Å². The van der Waals surface area contributed by atoms with Crippen LogP contribution in [0.2, 0.25) is 0 Å². The van der Waals surface area contributed by atoms with Gasteiger partial charge in [0.25, 0.3) is 0 Å². The molecular formula is C27H29N3O3. The first-order chi connectivity index (χ1) is 16.2. The van der Waals surface area contributed by atoms with Crippen LogP contribution >= 0.6 is 0 Å². The molecule has 0 saturated carbocycles. The van der Waals surface area contributed by atoms with Gasteiger partial charge in [-0.25, -0.2) is 4.98 Å². The summed E-state index contributed by atoms with van der Waals surface area (Å²) in [6.07, 6.45) is 1.90. The predicted octanol–water partition coefficient (Wildman–Crippen LogP) is 4.42. The highest BCUT2D eigenvalue weighted by molar-refractivity contribution is 5.78. The molecule has 6 nitrogen and oxygen atoms in total. The predicted molar refractivity (Wildman–Crippen MR) is 130 cm³/mol. The van der Waals surface area contributed by atoms with Crippen LogP contribution in [0.15, 0.2) is 78.9 Å². The van der Waals surface area contributed by atoms with Gasteiger partial charge in [-0.2, -0.15) is 0 Å². The van der Waals surface area contributed by atoms with Gasteiger partial charge in [0.2, 0.25) is 5.91 Å². The molecule has 4 aromatic rings. The molecule has 0 atom stereocenters. The number of carbonyl (C=O) groups excluding carboxylic acids is 1. The van der Waals surface area contributed by atoms with E-state index in [1.165, 1.54) is 0 Å². The maximum absolute atomic E-state index is 12.3. The van der Waals surface area contributed by atoms with Crippen LogP contribution in [0.3, 0.4) is 0 Å². The molecule has 1 N–H and O–H groups in total. The summed E-state index contributed by atoms with van der Waals surface area (Å²) in [4.78, 5) is 17.1. The van der Waals surface area contributed by atoms with E-state index in [1.54, 1.807) is 7.11 Å². The number of ether oxygens (including phenoxy) is 2. The van der Waals surface area contributed by atoms with Gasteiger partial charge in [-0.15, -0.1) is 0 Å². The number of hydrogen-bond donors (Lipinski definition) is 1. The van der Waals surface area contributed by atoms with Gasteiger partial charge in [0.1, 0.15) is 17.3 Å². The normalized spacial score (nSPS) is 10.8. The number of amides is 1. The number of benzene rings is 3. The van der Waals surface area contributed by atoms with E-state index in [4.69, 9.17) is 14.5 Å². The maximum Gasteiger partial charge on any atom is 0.224 e. The van der Waals surface area contributed by atoms with E-state index < -0.39 is 0 Å². The number of nitrogens with one attached hydrogen (secondary N) is 1. The van der Waals surface area contributed by atoms with E-state index in [1.807, 2.05) is 72.8 Å². The van der Waals surface area contributed by atoms with Gasteiger partial charge >= 0.3 is 0 Å². The number of aromatic nitrogens is 2. The molecule has 33 heavy (non-hydrogen) atoms. The van der Waals surface area contributed by atoms with E-state index in [0.717, 1.165) is 46.9 Å². The van der Waals surface area contributed by atoms with Crippen LogP contribution in [0.4, 0.5) is 0 Å². The summed E-state index contributed by atoms with van der Waals surface area (Å²) in [5.41, 5.74) is 3.08. The minimum Gasteiger partial charge on any atom is -0.497 e. The Labute approximate surface area is 194 Å². The Hall–Kier alpha value is -3.80. The Bertz CT molecular complexity index is 1190. The van der Waals surface area contributed by atoms with Crippen molar-refractivity contribution in [2.24, 2.45) is 0 Å². The molecule has 0 saturated heterocycles. The monoisotopic (exact) mass is 443 g/mol. The molecule has 3 aromatic carbocycles. The molecule has 1 aromatic heterocycles. The zero-order valence-corrected chi connectivity index (χ0v) is 18.9. The number of rotatable bonds is 11. The summed E-state index contributed by atoms with van der Waals surface area (Å²) in [6.45, 7) is 1.93. The van der Waals surface area contributed by atoms with Crippen LogP contribution in [0.5, 0.6) is 11.5 Å². The second-order valence-corrected chi connectivity index (χ2v) is 7.81. The van der Waals surface area contributed by atoms with Gasteiger partial charge in [-0.3, -0.25) is 4.79 Å². The molecule has 0 radical (unpaired) electrons. The summed E-state index contributed by atoms with van der Waals surface area (Å²) in [5, 5.41) is 3.02. The van der Waals surface area contributed by atoms with Crippen LogP contribution in [0.1, 0.15) is 17.8 Å². The Kier molecular flexibility index (Phi) is 7.59. The van der Waals surface area contributed by atoms with Crippen molar-refractivity contribution in [1.82, 2.24) is 14.9 Å². The molecule has 0 spiro atoms. The molecule has 4 rings (SSSR count). The van der Waals surface area contributed by atoms with Gasteiger partial charge in [-0.1, -0.05) is 48.5 Å². The Morgan fingerprint density at radius 2 is 1.76 bits per heavy atom. The van der Waals surface area contributed by atoms with Gasteiger partial charge < -0.3 is 19.4 Å². The first kappa shape index (κ1) is 22.4. The van der Waals surface area contributed by atoms with Crippen molar-refractivity contribution >= 4 is 16.9 Å². The summed E-state index contributed by atoms with van der Waals surface area (Å²) in [5.74, 6) is 2.57. The lowest BCUT2D eigenvalue weighted by molar-refractivity contribution is -0.120. The van der Waals surface area contributed by atoms with Gasteiger partial charge in [0, 0.05) is 25.6 Å². The molecule has 170 valence electrons. The van der Waals surface area contributed by atoms with E-state index >= 15 is 0 Å². The van der Waals surface area contributed by atoms with Crippen molar-refractivity contribution in [2.75, 3.05) is 20.3 Å². The highest BCUT2D eigenvalue weighted by Gasteiger charge is 2.11. The Morgan fingerprint density at radius 1 is 0.970 bits per heavy atom. The third-order valence-electron chi connectivity index (χ3n) is 5.45.